The average molecular weight is 501 g/mol. The molecule has 0 atom stereocenters. The monoisotopic (exact) mass is 499 g/mol. The topological polar surface area (TPSA) is 106 Å². The zero-order valence-electron chi connectivity index (χ0n) is 15.0. The molecule has 0 aliphatic heterocycles. The first-order valence-electron chi connectivity index (χ1n) is 7.96. The van der Waals surface area contributed by atoms with Crippen molar-refractivity contribution in [1.82, 2.24) is 16.2 Å². The third-order valence-electron chi connectivity index (χ3n) is 3.36. The molecule has 0 saturated heterocycles. The largest absolute Gasteiger partial charge is 0.483 e. The quantitative estimate of drug-likeness (QED) is 0.329. The molecule has 2 amide bonds. The van der Waals surface area contributed by atoms with Gasteiger partial charge in [-0.3, -0.25) is 25.8 Å². The van der Waals surface area contributed by atoms with Crippen LogP contribution in [0.5, 0.6) is 5.75 Å². The molecule has 2 aromatic rings. The van der Waals surface area contributed by atoms with E-state index in [-0.39, 0.29) is 17.3 Å². The predicted molar refractivity (Wildman–Crippen MR) is 114 cm³/mol. The van der Waals surface area contributed by atoms with Crippen LogP contribution in [0.25, 0.3) is 0 Å². The summed E-state index contributed by atoms with van der Waals surface area (Å²) in [6, 6.07) is 10.7. The molecule has 0 fully saturated rings. The molecule has 0 radical (unpaired) electrons. The second kappa shape index (κ2) is 10.7. The fraction of sp³-hybridized carbons (Fsp3) is 0.111. The molecule has 0 aliphatic carbocycles. The summed E-state index contributed by atoms with van der Waals surface area (Å²) in [6.07, 6.45) is 0. The number of esters is 1. The van der Waals surface area contributed by atoms with E-state index in [1.807, 2.05) is 0 Å². The van der Waals surface area contributed by atoms with E-state index in [1.165, 1.54) is 31.4 Å². The van der Waals surface area contributed by atoms with Gasteiger partial charge in [-0.2, -0.15) is 0 Å². The van der Waals surface area contributed by atoms with E-state index in [4.69, 9.17) is 28.6 Å². The van der Waals surface area contributed by atoms with Gasteiger partial charge in [0.25, 0.3) is 11.8 Å². The number of hydrogen-bond acceptors (Lipinski definition) is 6. The van der Waals surface area contributed by atoms with Crippen molar-refractivity contribution in [3.8, 4) is 5.75 Å². The Hall–Kier alpha value is -2.69. The molecule has 2 rings (SSSR count). The zero-order chi connectivity index (χ0) is 21.4. The van der Waals surface area contributed by atoms with Gasteiger partial charge in [-0.25, -0.2) is 4.79 Å². The minimum absolute atomic E-state index is 0.118. The Labute approximate surface area is 185 Å². The highest BCUT2D eigenvalue weighted by Gasteiger charge is 2.11. The summed E-state index contributed by atoms with van der Waals surface area (Å²) in [6.45, 7) is -0.293. The first-order valence-corrected chi connectivity index (χ1v) is 9.54. The van der Waals surface area contributed by atoms with E-state index in [2.05, 4.69) is 36.8 Å². The minimum Gasteiger partial charge on any atom is -0.483 e. The number of amides is 2. The number of halogens is 2. The van der Waals surface area contributed by atoms with Crippen molar-refractivity contribution in [2.45, 2.75) is 0 Å². The van der Waals surface area contributed by atoms with Crippen LogP contribution in [-0.2, 0) is 9.53 Å². The standard InChI is InChI=1S/C18H15BrClN3O5S/c1-27-17(26)11-4-2-10(3-5-11)16(25)21-18(29)23-22-15(24)9-28-14-7-6-12(20)8-13(14)19/h2-8H,9H2,1H3,(H,22,24)(H2,21,23,25,29). The molecule has 3 N–H and O–H groups in total. The van der Waals surface area contributed by atoms with Crippen LogP contribution >= 0.6 is 39.7 Å². The number of nitrogens with one attached hydrogen (secondary N) is 3. The Balaban J connectivity index is 1.77. The molecular formula is C18H15BrClN3O5S. The van der Waals surface area contributed by atoms with Crippen LogP contribution < -0.4 is 20.9 Å². The van der Waals surface area contributed by atoms with Crippen LogP contribution in [0.2, 0.25) is 5.02 Å². The highest BCUT2D eigenvalue weighted by Crippen LogP contribution is 2.27. The maximum atomic E-state index is 12.1. The van der Waals surface area contributed by atoms with E-state index < -0.39 is 17.8 Å². The van der Waals surface area contributed by atoms with Gasteiger partial charge in [0.15, 0.2) is 11.7 Å². The van der Waals surface area contributed by atoms with Gasteiger partial charge < -0.3 is 9.47 Å². The minimum atomic E-state index is -0.522. The number of methoxy groups -OCH3 is 1. The lowest BCUT2D eigenvalue weighted by Gasteiger charge is -2.12. The van der Waals surface area contributed by atoms with Crippen molar-refractivity contribution in [2.24, 2.45) is 0 Å². The van der Waals surface area contributed by atoms with Gasteiger partial charge in [0.2, 0.25) is 0 Å². The SMILES string of the molecule is COC(=O)c1ccc(C(=O)NC(=S)NNC(=O)COc2ccc(Cl)cc2Br)cc1. The van der Waals surface area contributed by atoms with Crippen LogP contribution in [0, 0.1) is 0 Å². The molecule has 0 bridgehead atoms. The number of hydrazine groups is 1. The molecule has 0 aromatic heterocycles. The van der Waals surface area contributed by atoms with Crippen molar-refractivity contribution in [3.05, 3.63) is 63.1 Å². The molecule has 0 heterocycles. The molecule has 152 valence electrons. The van der Waals surface area contributed by atoms with E-state index in [1.54, 1.807) is 18.2 Å². The molecule has 0 aliphatic rings. The second-order valence-corrected chi connectivity index (χ2v) is 7.09. The number of carbonyl (C=O) groups excluding carboxylic acids is 3. The van der Waals surface area contributed by atoms with E-state index in [0.717, 1.165) is 0 Å². The third kappa shape index (κ3) is 7.00. The lowest BCUT2D eigenvalue weighted by atomic mass is 10.1. The molecule has 8 nitrogen and oxygen atoms in total. The molecule has 0 saturated carbocycles. The predicted octanol–water partition coefficient (Wildman–Crippen LogP) is 2.60. The first kappa shape index (κ1) is 22.6. The van der Waals surface area contributed by atoms with E-state index in [9.17, 15) is 14.4 Å². The van der Waals surface area contributed by atoms with Gasteiger partial charge in [-0.05, 0) is 70.6 Å². The summed E-state index contributed by atoms with van der Waals surface area (Å²) in [5.41, 5.74) is 5.27. The summed E-state index contributed by atoms with van der Waals surface area (Å²) in [7, 11) is 1.26. The summed E-state index contributed by atoms with van der Waals surface area (Å²) >= 11 is 14.1. The Kier molecular flexibility index (Phi) is 8.37. The molecule has 0 unspecified atom stereocenters. The van der Waals surface area contributed by atoms with Crippen molar-refractivity contribution in [3.63, 3.8) is 0 Å². The van der Waals surface area contributed by atoms with Crippen molar-refractivity contribution in [1.29, 1.82) is 0 Å². The van der Waals surface area contributed by atoms with Gasteiger partial charge >= 0.3 is 5.97 Å². The van der Waals surface area contributed by atoms with Gasteiger partial charge in [0, 0.05) is 10.6 Å². The lowest BCUT2D eigenvalue weighted by Crippen LogP contribution is -2.49. The van der Waals surface area contributed by atoms with Crippen LogP contribution in [0.15, 0.2) is 46.9 Å². The Morgan fingerprint density at radius 3 is 2.34 bits per heavy atom. The fourth-order valence-corrected chi connectivity index (χ4v) is 2.92. The van der Waals surface area contributed by atoms with Crippen LogP contribution in [0.4, 0.5) is 0 Å². The maximum Gasteiger partial charge on any atom is 0.337 e. The molecule has 0 spiro atoms. The molecule has 29 heavy (non-hydrogen) atoms. The number of benzene rings is 2. The lowest BCUT2D eigenvalue weighted by molar-refractivity contribution is -0.123. The Morgan fingerprint density at radius 1 is 1.07 bits per heavy atom. The van der Waals surface area contributed by atoms with E-state index >= 15 is 0 Å². The van der Waals surface area contributed by atoms with Crippen molar-refractivity contribution < 1.29 is 23.9 Å². The third-order valence-corrected chi connectivity index (χ3v) is 4.42. The van der Waals surface area contributed by atoms with Gasteiger partial charge in [-0.1, -0.05) is 11.6 Å². The fourth-order valence-electron chi connectivity index (χ4n) is 1.98. The summed E-state index contributed by atoms with van der Waals surface area (Å²) < 4.78 is 10.5. The first-order chi connectivity index (χ1) is 13.8. The molecule has 2 aromatic carbocycles. The summed E-state index contributed by atoms with van der Waals surface area (Å²) in [5.74, 6) is -1.11. The normalized spacial score (nSPS) is 9.90. The maximum absolute atomic E-state index is 12.1. The van der Waals surface area contributed by atoms with Gasteiger partial charge in [0.1, 0.15) is 5.75 Å². The molecule has 11 heteroatoms. The smallest absolute Gasteiger partial charge is 0.337 e. The number of carbonyl (C=O) groups is 3. The van der Waals surface area contributed by atoms with Crippen molar-refractivity contribution in [2.75, 3.05) is 13.7 Å². The van der Waals surface area contributed by atoms with Gasteiger partial charge in [0.05, 0.1) is 17.1 Å². The number of ether oxygens (including phenoxy) is 2. The second-order valence-electron chi connectivity index (χ2n) is 5.39. The summed E-state index contributed by atoms with van der Waals surface area (Å²) in [5, 5.41) is 2.80. The Morgan fingerprint density at radius 2 is 1.72 bits per heavy atom. The van der Waals surface area contributed by atoms with Crippen LogP contribution in [0.3, 0.4) is 0 Å². The zero-order valence-corrected chi connectivity index (χ0v) is 18.1. The van der Waals surface area contributed by atoms with Gasteiger partial charge in [-0.15, -0.1) is 0 Å². The summed E-state index contributed by atoms with van der Waals surface area (Å²) in [4.78, 5) is 35.3. The molecular weight excluding hydrogens is 486 g/mol. The number of thiocarbonyl (C=S) groups is 1. The number of rotatable bonds is 5. The Bertz CT molecular complexity index is 940. The van der Waals surface area contributed by atoms with Crippen LogP contribution in [0.1, 0.15) is 20.7 Å². The average Bonchev–Trinajstić information content (AvgIpc) is 2.71. The van der Waals surface area contributed by atoms with Crippen molar-refractivity contribution >= 4 is 62.6 Å². The highest BCUT2D eigenvalue weighted by atomic mass is 79.9. The highest BCUT2D eigenvalue weighted by molar-refractivity contribution is 9.10. The number of hydrogen-bond donors (Lipinski definition) is 3. The van der Waals surface area contributed by atoms with Crippen LogP contribution in [-0.4, -0.2) is 36.6 Å². The van der Waals surface area contributed by atoms with E-state index in [0.29, 0.717) is 20.8 Å².